The summed E-state index contributed by atoms with van der Waals surface area (Å²) in [7, 11) is 0. The van der Waals surface area contributed by atoms with Gasteiger partial charge in [-0.25, -0.2) is 5.43 Å². The fourth-order valence-electron chi connectivity index (χ4n) is 1.65. The van der Waals surface area contributed by atoms with Gasteiger partial charge in [-0.3, -0.25) is 5.43 Å². The highest BCUT2D eigenvalue weighted by atomic mass is 15.5. The van der Waals surface area contributed by atoms with Gasteiger partial charge in [0.1, 0.15) is 6.17 Å². The Kier molecular flexibility index (Phi) is 2.65. The number of benzene rings is 1. The molecule has 0 saturated carbocycles. The fourth-order valence-corrected chi connectivity index (χ4v) is 1.65. The first-order valence-corrected chi connectivity index (χ1v) is 4.49. The van der Waals surface area contributed by atoms with E-state index in [2.05, 4.69) is 20.9 Å². The number of hydrogen-bond donors (Lipinski definition) is 2. The summed E-state index contributed by atoms with van der Waals surface area (Å²) in [6.45, 7) is 0.785. The van der Waals surface area contributed by atoms with Crippen LogP contribution in [-0.2, 0) is 0 Å². The zero-order valence-corrected chi connectivity index (χ0v) is 7.59. The van der Waals surface area contributed by atoms with Crippen LogP contribution in [0.1, 0.15) is 11.5 Å². The van der Waals surface area contributed by atoms with Crippen molar-refractivity contribution in [2.24, 2.45) is 5.11 Å². The third-order valence-corrected chi connectivity index (χ3v) is 2.36. The average molecular weight is 189 g/mol. The molecule has 72 valence electrons. The van der Waals surface area contributed by atoms with Crippen molar-refractivity contribution >= 4 is 0 Å². The minimum atomic E-state index is -0.192. The zero-order valence-electron chi connectivity index (χ0n) is 7.59. The first-order valence-electron chi connectivity index (χ1n) is 4.49. The van der Waals surface area contributed by atoms with Gasteiger partial charge < -0.3 is 0 Å². The SMILES string of the molecule is [N-]=[N+]=NC1NNCC1c1ccccc1. The molecule has 0 bridgehead atoms. The molecule has 0 amide bonds. The Morgan fingerprint density at radius 1 is 1.36 bits per heavy atom. The monoisotopic (exact) mass is 189 g/mol. The maximum absolute atomic E-state index is 8.38. The molecule has 5 nitrogen and oxygen atoms in total. The van der Waals surface area contributed by atoms with Crippen LogP contribution in [0.3, 0.4) is 0 Å². The van der Waals surface area contributed by atoms with Crippen LogP contribution in [0.5, 0.6) is 0 Å². The highest BCUT2D eigenvalue weighted by Gasteiger charge is 2.26. The van der Waals surface area contributed by atoms with Gasteiger partial charge >= 0.3 is 0 Å². The van der Waals surface area contributed by atoms with Crippen molar-refractivity contribution in [1.82, 2.24) is 10.9 Å². The highest BCUT2D eigenvalue weighted by Crippen LogP contribution is 2.22. The molecule has 14 heavy (non-hydrogen) atoms. The maximum Gasteiger partial charge on any atom is 0.108 e. The molecular weight excluding hydrogens is 178 g/mol. The van der Waals surface area contributed by atoms with Crippen LogP contribution in [0.4, 0.5) is 0 Å². The predicted molar refractivity (Wildman–Crippen MR) is 53.3 cm³/mol. The van der Waals surface area contributed by atoms with E-state index in [1.807, 2.05) is 30.3 Å². The van der Waals surface area contributed by atoms with Crippen molar-refractivity contribution in [1.29, 1.82) is 0 Å². The van der Waals surface area contributed by atoms with Crippen molar-refractivity contribution in [3.05, 3.63) is 46.3 Å². The van der Waals surface area contributed by atoms with E-state index >= 15 is 0 Å². The largest absolute Gasteiger partial charge is 0.257 e. The van der Waals surface area contributed by atoms with E-state index < -0.39 is 0 Å². The summed E-state index contributed by atoms with van der Waals surface area (Å²) < 4.78 is 0. The van der Waals surface area contributed by atoms with E-state index in [1.54, 1.807) is 0 Å². The van der Waals surface area contributed by atoms with Gasteiger partial charge in [-0.2, -0.15) is 0 Å². The lowest BCUT2D eigenvalue weighted by Crippen LogP contribution is -2.29. The molecule has 0 spiro atoms. The summed E-state index contributed by atoms with van der Waals surface area (Å²) in [6.07, 6.45) is -0.192. The molecule has 2 unspecified atom stereocenters. The van der Waals surface area contributed by atoms with Gasteiger partial charge in [0, 0.05) is 17.4 Å². The van der Waals surface area contributed by atoms with E-state index in [-0.39, 0.29) is 12.1 Å². The van der Waals surface area contributed by atoms with Gasteiger partial charge in [-0.15, -0.1) is 0 Å². The van der Waals surface area contributed by atoms with Crippen LogP contribution in [0.15, 0.2) is 35.4 Å². The molecule has 1 saturated heterocycles. The molecule has 1 aromatic rings. The molecule has 1 aliphatic heterocycles. The van der Waals surface area contributed by atoms with E-state index in [0.29, 0.717) is 0 Å². The molecule has 0 radical (unpaired) electrons. The Bertz CT molecular complexity index is 343. The minimum absolute atomic E-state index is 0.192. The van der Waals surface area contributed by atoms with Gasteiger partial charge in [0.2, 0.25) is 0 Å². The number of nitrogens with one attached hydrogen (secondary N) is 2. The van der Waals surface area contributed by atoms with Crippen LogP contribution in [0.2, 0.25) is 0 Å². The first-order chi connectivity index (χ1) is 6.92. The summed E-state index contributed by atoms with van der Waals surface area (Å²) >= 11 is 0. The second-order valence-corrected chi connectivity index (χ2v) is 3.19. The third kappa shape index (κ3) is 1.70. The zero-order chi connectivity index (χ0) is 9.80. The second-order valence-electron chi connectivity index (χ2n) is 3.19. The lowest BCUT2D eigenvalue weighted by Gasteiger charge is -2.12. The summed E-state index contributed by atoms with van der Waals surface area (Å²) in [5, 5.41) is 3.69. The number of hydrogen-bond acceptors (Lipinski definition) is 3. The average Bonchev–Trinajstić information content (AvgIpc) is 2.68. The van der Waals surface area contributed by atoms with Crippen molar-refractivity contribution in [2.75, 3.05) is 6.54 Å². The van der Waals surface area contributed by atoms with Crippen molar-refractivity contribution < 1.29 is 0 Å². The molecule has 0 aromatic heterocycles. The van der Waals surface area contributed by atoms with Crippen LogP contribution in [0, 0.1) is 0 Å². The molecule has 2 N–H and O–H groups in total. The second kappa shape index (κ2) is 4.11. The van der Waals surface area contributed by atoms with E-state index in [4.69, 9.17) is 5.53 Å². The van der Waals surface area contributed by atoms with Crippen LogP contribution in [0.25, 0.3) is 10.4 Å². The number of hydrazine groups is 1. The first kappa shape index (κ1) is 9.02. The lowest BCUT2D eigenvalue weighted by molar-refractivity contribution is 0.544. The van der Waals surface area contributed by atoms with E-state index in [9.17, 15) is 0 Å². The number of rotatable bonds is 2. The summed E-state index contributed by atoms with van der Waals surface area (Å²) in [5.74, 6) is 0.215. The molecule has 0 aliphatic carbocycles. The molecule has 2 atom stereocenters. The molecule has 2 rings (SSSR count). The Hall–Kier alpha value is -1.55. The summed E-state index contributed by atoms with van der Waals surface area (Å²) in [5.41, 5.74) is 15.5. The molecule has 1 fully saturated rings. The van der Waals surface area contributed by atoms with Crippen molar-refractivity contribution in [3.8, 4) is 0 Å². The van der Waals surface area contributed by atoms with E-state index in [1.165, 1.54) is 5.56 Å². The summed E-state index contributed by atoms with van der Waals surface area (Å²) in [6, 6.07) is 10.0. The lowest BCUT2D eigenvalue weighted by atomic mass is 9.98. The van der Waals surface area contributed by atoms with Gasteiger partial charge in [-0.05, 0) is 11.1 Å². The normalized spacial score (nSPS) is 25.7. The molecule has 1 aliphatic rings. The predicted octanol–water partition coefficient (Wildman–Crippen LogP) is 1.51. The number of nitrogens with zero attached hydrogens (tertiary/aromatic N) is 3. The number of azide groups is 1. The Morgan fingerprint density at radius 3 is 2.86 bits per heavy atom. The molecule has 1 aromatic carbocycles. The van der Waals surface area contributed by atoms with Crippen molar-refractivity contribution in [3.63, 3.8) is 0 Å². The van der Waals surface area contributed by atoms with Gasteiger partial charge in [0.05, 0.1) is 0 Å². The van der Waals surface area contributed by atoms with Crippen LogP contribution >= 0.6 is 0 Å². The fraction of sp³-hybridized carbons (Fsp3) is 0.333. The summed E-state index contributed by atoms with van der Waals surface area (Å²) in [4.78, 5) is 2.82. The standard InChI is InChI=1S/C9H11N5/c10-14-13-9-8(6-11-12-9)7-4-2-1-3-5-7/h1-5,8-9,11-12H,6H2. The maximum atomic E-state index is 8.38. The third-order valence-electron chi connectivity index (χ3n) is 2.36. The van der Waals surface area contributed by atoms with E-state index in [0.717, 1.165) is 6.54 Å². The highest BCUT2D eigenvalue weighted by molar-refractivity contribution is 5.22. The minimum Gasteiger partial charge on any atom is -0.257 e. The van der Waals surface area contributed by atoms with Gasteiger partial charge in [0.25, 0.3) is 0 Å². The smallest absolute Gasteiger partial charge is 0.108 e. The molecular formula is C9H11N5. The Balaban J connectivity index is 2.21. The van der Waals surface area contributed by atoms with Gasteiger partial charge in [-0.1, -0.05) is 35.4 Å². The van der Waals surface area contributed by atoms with Crippen LogP contribution < -0.4 is 10.9 Å². The Labute approximate surface area is 81.7 Å². The van der Waals surface area contributed by atoms with Gasteiger partial charge in [0.15, 0.2) is 0 Å². The van der Waals surface area contributed by atoms with Crippen molar-refractivity contribution in [2.45, 2.75) is 12.1 Å². The Morgan fingerprint density at radius 2 is 2.14 bits per heavy atom. The quantitative estimate of drug-likeness (QED) is 0.420. The van der Waals surface area contributed by atoms with Crippen LogP contribution in [-0.4, -0.2) is 12.7 Å². The molecule has 1 heterocycles. The topological polar surface area (TPSA) is 72.8 Å². The molecule has 5 heteroatoms.